The van der Waals surface area contributed by atoms with Crippen LogP contribution in [0.4, 0.5) is 0 Å². The van der Waals surface area contributed by atoms with E-state index in [1.165, 1.54) is 38.5 Å². The summed E-state index contributed by atoms with van der Waals surface area (Å²) in [5.41, 5.74) is 1.80. The van der Waals surface area contributed by atoms with Crippen molar-refractivity contribution in [1.29, 1.82) is 0 Å². The molecule has 0 heterocycles. The Bertz CT molecular complexity index is 710. The molecule has 2 N–H and O–H groups in total. The zero-order valence-electron chi connectivity index (χ0n) is 20.9. The third kappa shape index (κ3) is 3.78. The van der Waals surface area contributed by atoms with Gasteiger partial charge in [0, 0.05) is 0 Å². The van der Waals surface area contributed by atoms with Crippen LogP contribution in [0.15, 0.2) is 24.3 Å². The fourth-order valence-electron chi connectivity index (χ4n) is 8.76. The van der Waals surface area contributed by atoms with Crippen LogP contribution in [0.3, 0.4) is 0 Å². The second kappa shape index (κ2) is 8.32. The topological polar surface area (TPSA) is 40.5 Å². The van der Waals surface area contributed by atoms with Gasteiger partial charge < -0.3 is 10.2 Å². The molecule has 176 valence electrons. The van der Waals surface area contributed by atoms with Crippen molar-refractivity contribution in [3.05, 3.63) is 24.3 Å². The van der Waals surface area contributed by atoms with Crippen molar-refractivity contribution in [2.24, 2.45) is 46.3 Å². The average Bonchev–Trinajstić information content (AvgIpc) is 3.09. The first-order valence-corrected chi connectivity index (χ1v) is 13.3. The monoisotopic (exact) mass is 428 g/mol. The molecule has 3 fully saturated rings. The third-order valence-corrected chi connectivity index (χ3v) is 11.1. The van der Waals surface area contributed by atoms with Crippen LogP contribution < -0.4 is 0 Å². The molecule has 0 amide bonds. The van der Waals surface area contributed by atoms with E-state index in [0.717, 1.165) is 43.4 Å². The van der Waals surface area contributed by atoms with Gasteiger partial charge in [0.1, 0.15) is 0 Å². The molecule has 31 heavy (non-hydrogen) atoms. The number of hydrogen-bond donors (Lipinski definition) is 2. The Morgan fingerprint density at radius 2 is 1.90 bits per heavy atom. The van der Waals surface area contributed by atoms with Crippen molar-refractivity contribution in [3.63, 3.8) is 0 Å². The van der Waals surface area contributed by atoms with Crippen LogP contribution in [-0.4, -0.2) is 21.9 Å². The van der Waals surface area contributed by atoms with Crippen molar-refractivity contribution in [1.82, 2.24) is 0 Å². The molecule has 0 saturated heterocycles. The van der Waals surface area contributed by atoms with Gasteiger partial charge in [0.05, 0.1) is 11.7 Å². The molecule has 0 aliphatic heterocycles. The first kappa shape index (κ1) is 23.6. The Morgan fingerprint density at radius 1 is 1.16 bits per heavy atom. The molecule has 0 aromatic carbocycles. The molecular weight excluding hydrogens is 380 g/mol. The summed E-state index contributed by atoms with van der Waals surface area (Å²) in [6, 6.07) is 0. The second-order valence-corrected chi connectivity index (χ2v) is 12.8. The fraction of sp³-hybridized carbons (Fsp3) is 0.862. The van der Waals surface area contributed by atoms with Gasteiger partial charge >= 0.3 is 0 Å². The minimum atomic E-state index is -0.731. The maximum atomic E-state index is 11.0. The smallest absolute Gasteiger partial charge is 0.0847 e. The van der Waals surface area contributed by atoms with E-state index in [1.807, 2.05) is 0 Å². The van der Waals surface area contributed by atoms with Gasteiger partial charge in [-0.3, -0.25) is 0 Å². The Labute approximate surface area is 191 Å². The number of hydrogen-bond acceptors (Lipinski definition) is 2. The van der Waals surface area contributed by atoms with Crippen molar-refractivity contribution in [2.75, 3.05) is 0 Å². The Balaban J connectivity index is 1.51. The maximum Gasteiger partial charge on any atom is 0.0847 e. The van der Waals surface area contributed by atoms with Crippen LogP contribution in [0.1, 0.15) is 98.8 Å². The van der Waals surface area contributed by atoms with Crippen molar-refractivity contribution in [3.8, 4) is 0 Å². The molecule has 0 aromatic rings. The number of allylic oxidation sites excluding steroid dienone is 2. The van der Waals surface area contributed by atoms with Gasteiger partial charge in [-0.2, -0.15) is 0 Å². The normalized spacial score (nSPS) is 45.2. The van der Waals surface area contributed by atoms with Gasteiger partial charge in [0.15, 0.2) is 0 Å². The predicted octanol–water partition coefficient (Wildman–Crippen LogP) is 6.92. The number of rotatable bonds is 6. The molecule has 0 aromatic heterocycles. The van der Waals surface area contributed by atoms with Crippen molar-refractivity contribution < 1.29 is 10.2 Å². The molecular formula is C29H48O2. The lowest BCUT2D eigenvalue weighted by atomic mass is 9.48. The van der Waals surface area contributed by atoms with Crippen LogP contribution in [0.2, 0.25) is 0 Å². The largest absolute Gasteiger partial charge is 0.393 e. The van der Waals surface area contributed by atoms with Crippen molar-refractivity contribution in [2.45, 2.75) is 111 Å². The van der Waals surface area contributed by atoms with E-state index in [1.54, 1.807) is 11.6 Å². The van der Waals surface area contributed by atoms with Crippen LogP contribution in [0.5, 0.6) is 0 Å². The van der Waals surface area contributed by atoms with E-state index in [4.69, 9.17) is 0 Å². The van der Waals surface area contributed by atoms with E-state index in [0.29, 0.717) is 22.7 Å². The summed E-state index contributed by atoms with van der Waals surface area (Å²) in [6.45, 7) is 15.7. The number of aliphatic hydroxyl groups is 2. The van der Waals surface area contributed by atoms with E-state index >= 15 is 0 Å². The molecule has 9 atom stereocenters. The lowest BCUT2D eigenvalue weighted by Crippen LogP contribution is -2.48. The highest BCUT2D eigenvalue weighted by Gasteiger charge is 2.57. The highest BCUT2D eigenvalue weighted by molar-refractivity contribution is 5.29. The van der Waals surface area contributed by atoms with E-state index in [-0.39, 0.29) is 12.0 Å². The summed E-state index contributed by atoms with van der Waals surface area (Å²) in [6.07, 6.45) is 16.1. The molecule has 2 nitrogen and oxygen atoms in total. The summed E-state index contributed by atoms with van der Waals surface area (Å²) in [5, 5.41) is 21.2. The highest BCUT2D eigenvalue weighted by Crippen LogP contribution is 2.66. The summed E-state index contributed by atoms with van der Waals surface area (Å²) < 4.78 is 0. The van der Waals surface area contributed by atoms with Gasteiger partial charge in [-0.25, -0.2) is 0 Å². The lowest BCUT2D eigenvalue weighted by Gasteiger charge is -2.57. The first-order valence-electron chi connectivity index (χ1n) is 13.3. The van der Waals surface area contributed by atoms with Gasteiger partial charge in [0.25, 0.3) is 0 Å². The zero-order valence-corrected chi connectivity index (χ0v) is 20.9. The summed E-state index contributed by atoms with van der Waals surface area (Å²) in [5.74, 6) is 3.91. The molecule has 2 heteroatoms. The van der Waals surface area contributed by atoms with Gasteiger partial charge in [0.2, 0.25) is 0 Å². The lowest BCUT2D eigenvalue weighted by molar-refractivity contribution is -0.0179. The quantitative estimate of drug-likeness (QED) is 0.451. The minimum Gasteiger partial charge on any atom is -0.393 e. The predicted molar refractivity (Wildman–Crippen MR) is 130 cm³/mol. The standard InChI is InChI=1S/C29H48O2/c1-7-29(31,19(2)3)17-12-20(4)24-10-11-25-23-9-8-21-18-22(30)13-15-27(21,5)26(23)14-16-28(24,25)6/h7,14,19-25,30-31H,1,8-13,15-18H2,2-6H3/t20?,21?,22-,23?,24?,25?,27-,28+,29?/m0/s1. The molecule has 6 unspecified atom stereocenters. The van der Waals surface area contributed by atoms with Gasteiger partial charge in [-0.1, -0.05) is 52.3 Å². The van der Waals surface area contributed by atoms with E-state index < -0.39 is 5.60 Å². The second-order valence-electron chi connectivity index (χ2n) is 12.8. The Kier molecular flexibility index (Phi) is 6.32. The maximum absolute atomic E-state index is 11.0. The van der Waals surface area contributed by atoms with Gasteiger partial charge in [-0.15, -0.1) is 6.58 Å². The SMILES string of the molecule is C=CC(O)(CCC(C)C1CCC2C3CCC4C[C@@H](O)CC[C@]4(C)C3=CC[C@]12C)C(C)C. The zero-order chi connectivity index (χ0) is 22.6. The van der Waals surface area contributed by atoms with Crippen LogP contribution in [-0.2, 0) is 0 Å². The Morgan fingerprint density at radius 3 is 2.58 bits per heavy atom. The minimum absolute atomic E-state index is 0.0687. The van der Waals surface area contributed by atoms with Crippen LogP contribution in [0.25, 0.3) is 0 Å². The first-order chi connectivity index (χ1) is 14.5. The molecule has 4 aliphatic rings. The van der Waals surface area contributed by atoms with E-state index in [9.17, 15) is 10.2 Å². The molecule has 0 bridgehead atoms. The Hall–Kier alpha value is -0.600. The molecule has 0 radical (unpaired) electrons. The van der Waals surface area contributed by atoms with Crippen LogP contribution >= 0.6 is 0 Å². The van der Waals surface area contributed by atoms with Crippen LogP contribution in [0, 0.1) is 46.3 Å². The van der Waals surface area contributed by atoms with E-state index in [2.05, 4.69) is 47.3 Å². The summed E-state index contributed by atoms with van der Waals surface area (Å²) in [4.78, 5) is 0. The number of fused-ring (bicyclic) bond motifs is 5. The average molecular weight is 429 g/mol. The fourth-order valence-corrected chi connectivity index (χ4v) is 8.76. The number of aliphatic hydroxyl groups excluding tert-OH is 1. The summed E-state index contributed by atoms with van der Waals surface area (Å²) >= 11 is 0. The van der Waals surface area contributed by atoms with Crippen molar-refractivity contribution >= 4 is 0 Å². The van der Waals surface area contributed by atoms with Gasteiger partial charge in [-0.05, 0) is 111 Å². The molecule has 4 aliphatic carbocycles. The summed E-state index contributed by atoms with van der Waals surface area (Å²) in [7, 11) is 0. The molecule has 3 saturated carbocycles. The molecule has 0 spiro atoms. The third-order valence-electron chi connectivity index (χ3n) is 11.1. The highest BCUT2D eigenvalue weighted by atomic mass is 16.3. The molecule has 4 rings (SSSR count).